The lowest BCUT2D eigenvalue weighted by atomic mass is 9.92. The normalized spacial score (nSPS) is 14.4. The van der Waals surface area contributed by atoms with E-state index in [0.29, 0.717) is 0 Å². The van der Waals surface area contributed by atoms with Gasteiger partial charge >= 0.3 is 0 Å². The lowest BCUT2D eigenvalue weighted by Crippen LogP contribution is -2.24. The summed E-state index contributed by atoms with van der Waals surface area (Å²) in [5, 5.41) is 4.78. The molecule has 1 aliphatic heterocycles. The average Bonchev–Trinajstić information content (AvgIpc) is 2.95. The first-order valence-electron chi connectivity index (χ1n) is 7.26. The quantitative estimate of drug-likeness (QED) is 0.728. The molecule has 4 rings (SSSR count). The molecule has 100 valence electrons. The minimum Gasteiger partial charge on any atom is -0.361 e. The molecule has 0 saturated carbocycles. The summed E-state index contributed by atoms with van der Waals surface area (Å²) in [6.45, 7) is 2.11. The number of nitrogens with one attached hydrogen (secondary N) is 2. The molecule has 3 aromatic rings. The highest BCUT2D eigenvalue weighted by Gasteiger charge is 2.12. The Morgan fingerprint density at radius 1 is 1.05 bits per heavy atom. The predicted molar refractivity (Wildman–Crippen MR) is 83.0 cm³/mol. The molecule has 0 saturated heterocycles. The van der Waals surface area contributed by atoms with Crippen LogP contribution in [0.25, 0.3) is 10.9 Å². The number of benzene rings is 2. The first kappa shape index (κ1) is 11.7. The molecule has 2 heteroatoms. The van der Waals surface area contributed by atoms with Crippen molar-refractivity contribution in [3.8, 4) is 0 Å². The predicted octanol–water partition coefficient (Wildman–Crippen LogP) is 3.40. The summed E-state index contributed by atoms with van der Waals surface area (Å²) in [6.07, 6.45) is 4.18. The minimum atomic E-state index is 1.01. The van der Waals surface area contributed by atoms with Gasteiger partial charge in [-0.1, -0.05) is 24.3 Å². The van der Waals surface area contributed by atoms with Gasteiger partial charge in [-0.3, -0.25) is 0 Å². The van der Waals surface area contributed by atoms with Gasteiger partial charge in [0.05, 0.1) is 0 Å². The average molecular weight is 262 g/mol. The third kappa shape index (κ3) is 2.02. The molecule has 0 bridgehead atoms. The highest BCUT2D eigenvalue weighted by molar-refractivity contribution is 5.80. The van der Waals surface area contributed by atoms with Gasteiger partial charge < -0.3 is 10.3 Å². The van der Waals surface area contributed by atoms with Gasteiger partial charge in [0.15, 0.2) is 0 Å². The first-order valence-corrected chi connectivity index (χ1v) is 7.26. The van der Waals surface area contributed by atoms with Crippen molar-refractivity contribution >= 4 is 10.9 Å². The number of H-pyrrole nitrogens is 1. The van der Waals surface area contributed by atoms with E-state index in [4.69, 9.17) is 0 Å². The lowest BCUT2D eigenvalue weighted by molar-refractivity contribution is 0.639. The second-order valence-electron chi connectivity index (χ2n) is 5.56. The van der Waals surface area contributed by atoms with Crippen LogP contribution in [0.2, 0.25) is 0 Å². The maximum atomic E-state index is 3.49. The summed E-state index contributed by atoms with van der Waals surface area (Å²) < 4.78 is 0. The molecule has 1 aromatic heterocycles. The lowest BCUT2D eigenvalue weighted by Gasteiger charge is -2.20. The number of aromatic amines is 1. The van der Waals surface area contributed by atoms with Crippen LogP contribution in [-0.2, 0) is 19.4 Å². The summed E-state index contributed by atoms with van der Waals surface area (Å²) in [5.74, 6) is 0. The van der Waals surface area contributed by atoms with Crippen molar-refractivity contribution in [1.82, 2.24) is 10.3 Å². The molecule has 2 heterocycles. The highest BCUT2D eigenvalue weighted by atomic mass is 14.9. The van der Waals surface area contributed by atoms with E-state index in [-0.39, 0.29) is 0 Å². The van der Waals surface area contributed by atoms with E-state index in [1.807, 2.05) is 6.20 Å². The molecular weight excluding hydrogens is 244 g/mol. The number of aromatic nitrogens is 1. The number of rotatable bonds is 2. The molecule has 20 heavy (non-hydrogen) atoms. The number of hydrogen-bond acceptors (Lipinski definition) is 1. The van der Waals surface area contributed by atoms with Gasteiger partial charge in [0, 0.05) is 18.3 Å². The molecule has 0 radical (unpaired) electrons. The van der Waals surface area contributed by atoms with Crippen LogP contribution < -0.4 is 5.32 Å². The third-order valence-electron chi connectivity index (χ3n) is 4.26. The first-order chi connectivity index (χ1) is 9.90. The Bertz CT molecular complexity index is 755. The van der Waals surface area contributed by atoms with E-state index in [1.165, 1.54) is 33.2 Å². The van der Waals surface area contributed by atoms with Crippen LogP contribution >= 0.6 is 0 Å². The SMILES string of the molecule is c1cc2c(c(Cc3ccc4[nH]ccc4c3)c1)CNCC2. The van der Waals surface area contributed by atoms with Crippen LogP contribution in [0.3, 0.4) is 0 Å². The van der Waals surface area contributed by atoms with Crippen molar-refractivity contribution in [3.05, 3.63) is 70.9 Å². The molecule has 2 aromatic carbocycles. The Kier molecular flexibility index (Phi) is 2.82. The summed E-state index contributed by atoms with van der Waals surface area (Å²) in [4.78, 5) is 3.25. The van der Waals surface area contributed by atoms with Gasteiger partial charge in [0.2, 0.25) is 0 Å². The van der Waals surface area contributed by atoms with Crippen LogP contribution in [0.5, 0.6) is 0 Å². The number of hydrogen-bond donors (Lipinski definition) is 2. The summed E-state index contributed by atoms with van der Waals surface area (Å²) in [6, 6.07) is 15.6. The fourth-order valence-electron chi connectivity index (χ4n) is 3.18. The maximum Gasteiger partial charge on any atom is 0.0454 e. The molecule has 2 N–H and O–H groups in total. The molecule has 0 atom stereocenters. The van der Waals surface area contributed by atoms with Gasteiger partial charge in [0.1, 0.15) is 0 Å². The zero-order valence-corrected chi connectivity index (χ0v) is 11.4. The molecule has 0 spiro atoms. The van der Waals surface area contributed by atoms with Crippen LogP contribution in [0.15, 0.2) is 48.7 Å². The van der Waals surface area contributed by atoms with Crippen LogP contribution in [0, 0.1) is 0 Å². The van der Waals surface area contributed by atoms with Crippen LogP contribution in [0.1, 0.15) is 22.3 Å². The standard InChI is InChI=1S/C18H18N2/c1-2-14-6-8-19-12-17(14)15(3-1)10-13-4-5-18-16(11-13)7-9-20-18/h1-5,7,9,11,19-20H,6,8,10,12H2. The molecule has 0 unspecified atom stereocenters. The Balaban J connectivity index is 1.71. The topological polar surface area (TPSA) is 27.8 Å². The van der Waals surface area contributed by atoms with E-state index in [9.17, 15) is 0 Å². The molecule has 0 fully saturated rings. The van der Waals surface area contributed by atoms with Crippen LogP contribution in [0.4, 0.5) is 0 Å². The maximum absolute atomic E-state index is 3.49. The largest absolute Gasteiger partial charge is 0.361 e. The van der Waals surface area contributed by atoms with Gasteiger partial charge in [-0.2, -0.15) is 0 Å². The third-order valence-corrected chi connectivity index (χ3v) is 4.26. The fourth-order valence-corrected chi connectivity index (χ4v) is 3.18. The molecule has 1 aliphatic rings. The van der Waals surface area contributed by atoms with Crippen molar-refractivity contribution in [2.24, 2.45) is 0 Å². The van der Waals surface area contributed by atoms with Crippen molar-refractivity contribution in [3.63, 3.8) is 0 Å². The van der Waals surface area contributed by atoms with Gasteiger partial charge in [-0.25, -0.2) is 0 Å². The van der Waals surface area contributed by atoms with E-state index in [1.54, 1.807) is 0 Å². The van der Waals surface area contributed by atoms with Gasteiger partial charge in [-0.15, -0.1) is 0 Å². The summed E-state index contributed by atoms with van der Waals surface area (Å²) in [5.41, 5.74) is 7.09. The number of fused-ring (bicyclic) bond motifs is 2. The van der Waals surface area contributed by atoms with E-state index >= 15 is 0 Å². The molecule has 0 amide bonds. The minimum absolute atomic E-state index is 1.01. The second kappa shape index (κ2) is 4.80. The Labute approximate surface area is 118 Å². The smallest absolute Gasteiger partial charge is 0.0454 e. The monoisotopic (exact) mass is 262 g/mol. The van der Waals surface area contributed by atoms with Crippen molar-refractivity contribution in [2.75, 3.05) is 6.54 Å². The van der Waals surface area contributed by atoms with Crippen LogP contribution in [-0.4, -0.2) is 11.5 Å². The van der Waals surface area contributed by atoms with Crippen molar-refractivity contribution in [2.45, 2.75) is 19.4 Å². The second-order valence-corrected chi connectivity index (χ2v) is 5.56. The zero-order chi connectivity index (χ0) is 13.4. The van der Waals surface area contributed by atoms with Gasteiger partial charge in [0.25, 0.3) is 0 Å². The highest BCUT2D eigenvalue weighted by Crippen LogP contribution is 2.23. The molecule has 0 aliphatic carbocycles. The van der Waals surface area contributed by atoms with Gasteiger partial charge in [-0.05, 0) is 65.2 Å². The zero-order valence-electron chi connectivity index (χ0n) is 11.4. The Morgan fingerprint density at radius 2 is 2.05 bits per heavy atom. The van der Waals surface area contributed by atoms with Crippen molar-refractivity contribution in [1.29, 1.82) is 0 Å². The van der Waals surface area contributed by atoms with E-state index in [0.717, 1.165) is 25.9 Å². The molecule has 2 nitrogen and oxygen atoms in total. The summed E-state index contributed by atoms with van der Waals surface area (Å²) in [7, 11) is 0. The van der Waals surface area contributed by atoms with E-state index in [2.05, 4.69) is 52.8 Å². The van der Waals surface area contributed by atoms with E-state index < -0.39 is 0 Å². The Hall–Kier alpha value is -2.06. The molecular formula is C18H18N2. The van der Waals surface area contributed by atoms with Crippen molar-refractivity contribution < 1.29 is 0 Å². The fraction of sp³-hybridized carbons (Fsp3) is 0.222. The Morgan fingerprint density at radius 3 is 3.05 bits per heavy atom. The summed E-state index contributed by atoms with van der Waals surface area (Å²) >= 11 is 0.